The molecule has 0 saturated carbocycles. The van der Waals surface area contributed by atoms with Crippen molar-refractivity contribution < 1.29 is 9.13 Å². The van der Waals surface area contributed by atoms with E-state index < -0.39 is 0 Å². The maximum Gasteiger partial charge on any atom is 0.210 e. The number of hydrogen-bond acceptors (Lipinski definition) is 6. The van der Waals surface area contributed by atoms with E-state index in [2.05, 4.69) is 10.2 Å². The summed E-state index contributed by atoms with van der Waals surface area (Å²) in [5.41, 5.74) is 0.864. The smallest absolute Gasteiger partial charge is 0.210 e. The number of nitrogens with two attached hydrogens (primary N) is 1. The Labute approximate surface area is 153 Å². The Kier molecular flexibility index (Phi) is 5.83. The molecule has 8 heteroatoms. The van der Waals surface area contributed by atoms with Crippen LogP contribution in [0.15, 0.2) is 58.6 Å². The second-order valence-corrected chi connectivity index (χ2v) is 7.23. The van der Waals surface area contributed by atoms with E-state index in [1.807, 2.05) is 30.3 Å². The maximum atomic E-state index is 13.6. The zero-order valence-electron chi connectivity index (χ0n) is 13.6. The lowest BCUT2D eigenvalue weighted by Crippen LogP contribution is -2.11. The molecule has 0 amide bonds. The summed E-state index contributed by atoms with van der Waals surface area (Å²) in [6.45, 7) is 0. The molecule has 1 heterocycles. The van der Waals surface area contributed by atoms with Crippen LogP contribution in [0.25, 0.3) is 11.4 Å². The SMILES string of the molecule is COc1ccc(-c2nnc(SCCSc3ccccc3F)n2N)cc1. The number of methoxy groups -OCH3 is 1. The molecule has 0 aliphatic carbocycles. The van der Waals surface area contributed by atoms with Crippen molar-refractivity contribution in [3.63, 3.8) is 0 Å². The lowest BCUT2D eigenvalue weighted by molar-refractivity contribution is 0.415. The molecule has 3 rings (SSSR count). The molecule has 0 saturated heterocycles. The Morgan fingerprint density at radius 2 is 1.76 bits per heavy atom. The van der Waals surface area contributed by atoms with Crippen molar-refractivity contribution in [2.45, 2.75) is 10.1 Å². The van der Waals surface area contributed by atoms with Gasteiger partial charge in [-0.25, -0.2) is 9.07 Å². The molecule has 0 spiro atoms. The van der Waals surface area contributed by atoms with Gasteiger partial charge in [-0.1, -0.05) is 23.9 Å². The van der Waals surface area contributed by atoms with Crippen LogP contribution in [0, 0.1) is 5.82 Å². The fourth-order valence-corrected chi connectivity index (χ4v) is 3.93. The minimum absolute atomic E-state index is 0.193. The molecule has 0 aliphatic heterocycles. The minimum atomic E-state index is -0.193. The number of thioether (sulfide) groups is 2. The van der Waals surface area contributed by atoms with E-state index in [0.29, 0.717) is 15.9 Å². The van der Waals surface area contributed by atoms with E-state index in [0.717, 1.165) is 22.8 Å². The molecule has 0 unspecified atom stereocenters. The molecule has 0 bridgehead atoms. The fraction of sp³-hybridized carbons (Fsp3) is 0.176. The highest BCUT2D eigenvalue weighted by molar-refractivity contribution is 8.02. The van der Waals surface area contributed by atoms with Crippen LogP contribution in [0.1, 0.15) is 0 Å². The van der Waals surface area contributed by atoms with E-state index in [9.17, 15) is 4.39 Å². The summed E-state index contributed by atoms with van der Waals surface area (Å²) in [7, 11) is 1.62. The first-order valence-electron chi connectivity index (χ1n) is 7.54. The summed E-state index contributed by atoms with van der Waals surface area (Å²) < 4.78 is 20.2. The summed E-state index contributed by atoms with van der Waals surface area (Å²) in [6, 6.07) is 14.2. The second kappa shape index (κ2) is 8.26. The van der Waals surface area contributed by atoms with Gasteiger partial charge in [-0.15, -0.1) is 22.0 Å². The van der Waals surface area contributed by atoms with Crippen molar-refractivity contribution in [1.29, 1.82) is 0 Å². The van der Waals surface area contributed by atoms with Gasteiger partial charge in [0.15, 0.2) is 5.82 Å². The predicted molar refractivity (Wildman–Crippen MR) is 100 cm³/mol. The van der Waals surface area contributed by atoms with Gasteiger partial charge in [0, 0.05) is 22.0 Å². The van der Waals surface area contributed by atoms with Crippen LogP contribution in [-0.4, -0.2) is 33.5 Å². The third-order valence-electron chi connectivity index (χ3n) is 3.42. The van der Waals surface area contributed by atoms with Crippen molar-refractivity contribution in [3.8, 4) is 17.1 Å². The van der Waals surface area contributed by atoms with Gasteiger partial charge in [0.2, 0.25) is 5.16 Å². The Hall–Kier alpha value is -2.19. The predicted octanol–water partition coefficient (Wildman–Crippen LogP) is 3.69. The zero-order chi connectivity index (χ0) is 17.6. The Morgan fingerprint density at radius 1 is 1.04 bits per heavy atom. The summed E-state index contributed by atoms with van der Waals surface area (Å²) >= 11 is 2.96. The first kappa shape index (κ1) is 17.6. The molecule has 0 atom stereocenters. The molecule has 3 aromatic rings. The van der Waals surface area contributed by atoms with Gasteiger partial charge in [0.1, 0.15) is 11.6 Å². The van der Waals surface area contributed by atoms with Crippen LogP contribution in [0.5, 0.6) is 5.75 Å². The molecular weight excluding hydrogens is 359 g/mol. The standard InChI is InChI=1S/C17H17FN4OS2/c1-23-13-8-6-12(7-9-13)16-20-21-17(22(16)19)25-11-10-24-15-5-3-2-4-14(15)18/h2-9H,10-11,19H2,1H3. The minimum Gasteiger partial charge on any atom is -0.497 e. The van der Waals surface area contributed by atoms with Gasteiger partial charge >= 0.3 is 0 Å². The molecule has 2 N–H and O–H groups in total. The first-order chi connectivity index (χ1) is 12.2. The van der Waals surface area contributed by atoms with Crippen molar-refractivity contribution >= 4 is 23.5 Å². The molecule has 130 valence electrons. The summed E-state index contributed by atoms with van der Waals surface area (Å²) in [5.74, 6) is 8.76. The van der Waals surface area contributed by atoms with Crippen molar-refractivity contribution in [2.24, 2.45) is 0 Å². The number of nitrogens with zero attached hydrogens (tertiary/aromatic N) is 3. The van der Waals surface area contributed by atoms with Crippen molar-refractivity contribution in [1.82, 2.24) is 14.9 Å². The van der Waals surface area contributed by atoms with Gasteiger partial charge in [-0.05, 0) is 36.4 Å². The average Bonchev–Trinajstić information content (AvgIpc) is 3.01. The van der Waals surface area contributed by atoms with E-state index in [-0.39, 0.29) is 5.82 Å². The van der Waals surface area contributed by atoms with Gasteiger partial charge in [-0.2, -0.15) is 0 Å². The largest absolute Gasteiger partial charge is 0.497 e. The maximum absolute atomic E-state index is 13.6. The van der Waals surface area contributed by atoms with Crippen LogP contribution in [0.4, 0.5) is 4.39 Å². The Balaban J connectivity index is 1.58. The van der Waals surface area contributed by atoms with Crippen molar-refractivity contribution in [3.05, 3.63) is 54.3 Å². The van der Waals surface area contributed by atoms with Gasteiger partial charge < -0.3 is 10.6 Å². The number of benzene rings is 2. The van der Waals surface area contributed by atoms with Crippen LogP contribution in [0.2, 0.25) is 0 Å². The summed E-state index contributed by atoms with van der Waals surface area (Å²) in [5, 5.41) is 8.91. The topological polar surface area (TPSA) is 66.0 Å². The molecule has 0 fully saturated rings. The van der Waals surface area contributed by atoms with E-state index in [1.54, 1.807) is 19.2 Å². The Bertz CT molecular complexity index is 839. The Morgan fingerprint density at radius 3 is 2.48 bits per heavy atom. The third-order valence-corrected chi connectivity index (χ3v) is 5.68. The highest BCUT2D eigenvalue weighted by Gasteiger charge is 2.12. The fourth-order valence-electron chi connectivity index (χ4n) is 2.16. The second-order valence-electron chi connectivity index (χ2n) is 5.03. The van der Waals surface area contributed by atoms with E-state index >= 15 is 0 Å². The summed E-state index contributed by atoms with van der Waals surface area (Å²) in [4.78, 5) is 0.649. The molecular formula is C17H17FN4OS2. The molecule has 0 radical (unpaired) electrons. The number of hydrogen-bond donors (Lipinski definition) is 1. The van der Waals surface area contributed by atoms with Gasteiger partial charge in [0.05, 0.1) is 7.11 Å². The molecule has 0 aliphatic rings. The highest BCUT2D eigenvalue weighted by atomic mass is 32.2. The van der Waals surface area contributed by atoms with Crippen molar-refractivity contribution in [2.75, 3.05) is 24.5 Å². The van der Waals surface area contributed by atoms with Crippen LogP contribution in [0.3, 0.4) is 0 Å². The lowest BCUT2D eigenvalue weighted by Gasteiger charge is -2.05. The van der Waals surface area contributed by atoms with E-state index in [4.69, 9.17) is 10.6 Å². The number of aromatic nitrogens is 3. The van der Waals surface area contributed by atoms with Gasteiger partial charge in [-0.3, -0.25) is 0 Å². The van der Waals surface area contributed by atoms with Crippen LogP contribution in [-0.2, 0) is 0 Å². The molecule has 25 heavy (non-hydrogen) atoms. The van der Waals surface area contributed by atoms with Crippen LogP contribution < -0.4 is 10.6 Å². The number of ether oxygens (including phenoxy) is 1. The van der Waals surface area contributed by atoms with Gasteiger partial charge in [0.25, 0.3) is 0 Å². The summed E-state index contributed by atoms with van der Waals surface area (Å²) in [6.07, 6.45) is 0. The number of nitrogen functional groups attached to an aromatic ring is 1. The van der Waals surface area contributed by atoms with E-state index in [1.165, 1.54) is 34.3 Å². The van der Waals surface area contributed by atoms with Crippen LogP contribution >= 0.6 is 23.5 Å². The average molecular weight is 376 g/mol. The quantitative estimate of drug-likeness (QED) is 0.385. The number of halogens is 1. The monoisotopic (exact) mass is 376 g/mol. The lowest BCUT2D eigenvalue weighted by atomic mass is 10.2. The molecule has 2 aromatic carbocycles. The molecule has 5 nitrogen and oxygen atoms in total. The molecule has 1 aromatic heterocycles. The number of rotatable bonds is 7. The highest BCUT2D eigenvalue weighted by Crippen LogP contribution is 2.26. The third kappa shape index (κ3) is 4.26. The first-order valence-corrected chi connectivity index (χ1v) is 9.51. The zero-order valence-corrected chi connectivity index (χ0v) is 15.2. The normalized spacial score (nSPS) is 10.8.